The lowest BCUT2D eigenvalue weighted by molar-refractivity contribution is -0.128. The normalized spacial score (nSPS) is 26.9. The highest BCUT2D eigenvalue weighted by Gasteiger charge is 2.30. The molecule has 1 heterocycles. The molecule has 3 atom stereocenters. The highest BCUT2D eigenvalue weighted by Crippen LogP contribution is 2.25. The Labute approximate surface area is 112 Å². The first-order valence-corrected chi connectivity index (χ1v) is 6.33. The van der Waals surface area contributed by atoms with Gasteiger partial charge < -0.3 is 10.6 Å². The molecule has 0 aromatic carbocycles. The second-order valence-electron chi connectivity index (χ2n) is 6.17. The van der Waals surface area contributed by atoms with Crippen molar-refractivity contribution >= 4 is 18.3 Å². The molecule has 0 bridgehead atoms. The van der Waals surface area contributed by atoms with Crippen molar-refractivity contribution in [3.63, 3.8) is 0 Å². The number of halogens is 1. The molecule has 0 spiro atoms. The maximum absolute atomic E-state index is 12.1. The molecule has 1 saturated heterocycles. The summed E-state index contributed by atoms with van der Waals surface area (Å²) in [5.74, 6) is 0.826. The number of hydrogen-bond acceptors (Lipinski definition) is 2. The molecule has 4 heteroatoms. The third-order valence-corrected chi connectivity index (χ3v) is 3.85. The van der Waals surface area contributed by atoms with Crippen LogP contribution in [0.15, 0.2) is 0 Å². The monoisotopic (exact) mass is 262 g/mol. The van der Waals surface area contributed by atoms with E-state index in [0.717, 1.165) is 19.5 Å². The number of hydrogen-bond donors (Lipinski definition) is 2. The quantitative estimate of drug-likeness (QED) is 0.801. The molecule has 1 aliphatic heterocycles. The van der Waals surface area contributed by atoms with Crippen molar-refractivity contribution in [1.82, 2.24) is 10.6 Å². The molecule has 1 rings (SSSR count). The van der Waals surface area contributed by atoms with E-state index < -0.39 is 0 Å². The summed E-state index contributed by atoms with van der Waals surface area (Å²) in [6, 6.07) is 0.297. The third kappa shape index (κ3) is 4.84. The molecule has 2 N–H and O–H groups in total. The summed E-state index contributed by atoms with van der Waals surface area (Å²) in [7, 11) is 0. The first-order chi connectivity index (χ1) is 7.32. The van der Waals surface area contributed by atoms with E-state index in [9.17, 15) is 4.79 Å². The third-order valence-electron chi connectivity index (χ3n) is 3.85. The van der Waals surface area contributed by atoms with E-state index in [4.69, 9.17) is 0 Å². The van der Waals surface area contributed by atoms with E-state index in [2.05, 4.69) is 38.3 Å². The Hall–Kier alpha value is -0.280. The van der Waals surface area contributed by atoms with Crippen LogP contribution < -0.4 is 10.6 Å². The Balaban J connectivity index is 0.00000256. The van der Waals surface area contributed by atoms with E-state index in [1.54, 1.807) is 0 Å². The molecule has 1 fully saturated rings. The highest BCUT2D eigenvalue weighted by atomic mass is 35.5. The van der Waals surface area contributed by atoms with Crippen molar-refractivity contribution in [2.24, 2.45) is 17.3 Å². The number of rotatable bonds is 2. The van der Waals surface area contributed by atoms with Crippen LogP contribution in [0.1, 0.15) is 41.0 Å². The average Bonchev–Trinajstić information content (AvgIpc) is 2.19. The molecular weight excluding hydrogens is 236 g/mol. The SMILES string of the molecule is CC1CCNCC1NC(=O)C(C)C(C)(C)C.Cl. The lowest BCUT2D eigenvalue weighted by atomic mass is 9.81. The van der Waals surface area contributed by atoms with Gasteiger partial charge in [0.25, 0.3) is 0 Å². The van der Waals surface area contributed by atoms with Crippen molar-refractivity contribution in [1.29, 1.82) is 0 Å². The summed E-state index contributed by atoms with van der Waals surface area (Å²) in [6.45, 7) is 12.5. The molecule has 17 heavy (non-hydrogen) atoms. The maximum atomic E-state index is 12.1. The molecule has 1 aliphatic rings. The second-order valence-corrected chi connectivity index (χ2v) is 6.17. The minimum Gasteiger partial charge on any atom is -0.352 e. The Morgan fingerprint density at radius 3 is 2.47 bits per heavy atom. The lowest BCUT2D eigenvalue weighted by Gasteiger charge is -2.33. The highest BCUT2D eigenvalue weighted by molar-refractivity contribution is 5.85. The van der Waals surface area contributed by atoms with Crippen LogP contribution in [0, 0.1) is 17.3 Å². The van der Waals surface area contributed by atoms with Gasteiger partial charge in [-0.3, -0.25) is 4.79 Å². The molecule has 0 radical (unpaired) electrons. The van der Waals surface area contributed by atoms with E-state index in [1.807, 2.05) is 6.92 Å². The maximum Gasteiger partial charge on any atom is 0.223 e. The molecule has 3 nitrogen and oxygen atoms in total. The van der Waals surface area contributed by atoms with Gasteiger partial charge >= 0.3 is 0 Å². The second kappa shape index (κ2) is 6.60. The summed E-state index contributed by atoms with van der Waals surface area (Å²) in [4.78, 5) is 12.1. The van der Waals surface area contributed by atoms with Gasteiger partial charge in [-0.2, -0.15) is 0 Å². The van der Waals surface area contributed by atoms with Crippen molar-refractivity contribution in [2.45, 2.75) is 47.1 Å². The first-order valence-electron chi connectivity index (χ1n) is 6.33. The Bertz CT molecular complexity index is 250. The number of carbonyl (C=O) groups excluding carboxylic acids is 1. The van der Waals surface area contributed by atoms with Gasteiger partial charge in [-0.1, -0.05) is 34.6 Å². The predicted octanol–water partition coefficient (Wildman–Crippen LogP) is 2.20. The van der Waals surface area contributed by atoms with Gasteiger partial charge in [-0.05, 0) is 24.3 Å². The van der Waals surface area contributed by atoms with Gasteiger partial charge in [-0.25, -0.2) is 0 Å². The van der Waals surface area contributed by atoms with Crippen LogP contribution in [0.5, 0.6) is 0 Å². The molecule has 102 valence electrons. The molecule has 0 aromatic heterocycles. The van der Waals surface area contributed by atoms with Crippen LogP contribution in [0.2, 0.25) is 0 Å². The molecule has 1 amide bonds. The number of amides is 1. The number of nitrogens with one attached hydrogen (secondary N) is 2. The van der Waals surface area contributed by atoms with E-state index >= 15 is 0 Å². The zero-order chi connectivity index (χ0) is 12.3. The fourth-order valence-corrected chi connectivity index (χ4v) is 1.88. The average molecular weight is 263 g/mol. The first kappa shape index (κ1) is 16.7. The van der Waals surface area contributed by atoms with Crippen LogP contribution in [-0.4, -0.2) is 25.0 Å². The summed E-state index contributed by atoms with van der Waals surface area (Å²) in [5, 5.41) is 6.51. The van der Waals surface area contributed by atoms with Crippen LogP contribution in [-0.2, 0) is 4.79 Å². The standard InChI is InChI=1S/C13H26N2O.ClH/c1-9-6-7-14-8-11(9)15-12(16)10(2)13(3,4)5;/h9-11,14H,6-8H2,1-5H3,(H,15,16);1H. The van der Waals surface area contributed by atoms with Crippen LogP contribution in [0.4, 0.5) is 0 Å². The van der Waals surface area contributed by atoms with Gasteiger partial charge in [-0.15, -0.1) is 12.4 Å². The molecule has 0 saturated carbocycles. The summed E-state index contributed by atoms with van der Waals surface area (Å²) in [6.07, 6.45) is 1.15. The Morgan fingerprint density at radius 2 is 2.00 bits per heavy atom. The topological polar surface area (TPSA) is 41.1 Å². The van der Waals surface area contributed by atoms with Gasteiger partial charge in [0.2, 0.25) is 5.91 Å². The minimum absolute atomic E-state index is 0. The van der Waals surface area contributed by atoms with Gasteiger partial charge in [0, 0.05) is 18.5 Å². The zero-order valence-corrected chi connectivity index (χ0v) is 12.5. The van der Waals surface area contributed by atoms with Gasteiger partial charge in [0.1, 0.15) is 0 Å². The molecular formula is C13H27ClN2O. The fraction of sp³-hybridized carbons (Fsp3) is 0.923. The largest absolute Gasteiger partial charge is 0.352 e. The van der Waals surface area contributed by atoms with Crippen molar-refractivity contribution in [2.75, 3.05) is 13.1 Å². The van der Waals surface area contributed by atoms with Crippen LogP contribution in [0.25, 0.3) is 0 Å². The summed E-state index contributed by atoms with van der Waals surface area (Å²) < 4.78 is 0. The smallest absolute Gasteiger partial charge is 0.223 e. The van der Waals surface area contributed by atoms with Crippen LogP contribution >= 0.6 is 12.4 Å². The Kier molecular flexibility index (Phi) is 6.49. The van der Waals surface area contributed by atoms with E-state index in [1.165, 1.54) is 0 Å². The number of carbonyl (C=O) groups is 1. The Morgan fingerprint density at radius 1 is 1.41 bits per heavy atom. The predicted molar refractivity (Wildman–Crippen MR) is 74.4 cm³/mol. The number of piperidine rings is 1. The zero-order valence-electron chi connectivity index (χ0n) is 11.7. The minimum atomic E-state index is 0. The summed E-state index contributed by atoms with van der Waals surface area (Å²) in [5.41, 5.74) is 0.0371. The van der Waals surface area contributed by atoms with E-state index in [0.29, 0.717) is 12.0 Å². The molecule has 0 aromatic rings. The fourth-order valence-electron chi connectivity index (χ4n) is 1.88. The van der Waals surface area contributed by atoms with Crippen molar-refractivity contribution < 1.29 is 4.79 Å². The van der Waals surface area contributed by atoms with Crippen LogP contribution in [0.3, 0.4) is 0 Å². The van der Waals surface area contributed by atoms with Crippen molar-refractivity contribution in [3.8, 4) is 0 Å². The van der Waals surface area contributed by atoms with Gasteiger partial charge in [0.05, 0.1) is 0 Å². The van der Waals surface area contributed by atoms with E-state index in [-0.39, 0.29) is 29.6 Å². The lowest BCUT2D eigenvalue weighted by Crippen LogP contribution is -2.52. The van der Waals surface area contributed by atoms with Gasteiger partial charge in [0.15, 0.2) is 0 Å². The molecule has 3 unspecified atom stereocenters. The summed E-state index contributed by atoms with van der Waals surface area (Å²) >= 11 is 0. The molecule has 0 aliphatic carbocycles. The van der Waals surface area contributed by atoms with Crippen molar-refractivity contribution in [3.05, 3.63) is 0 Å².